The van der Waals surface area contributed by atoms with Crippen LogP contribution < -0.4 is 5.32 Å². The van der Waals surface area contributed by atoms with Gasteiger partial charge in [-0.3, -0.25) is 4.98 Å². The van der Waals surface area contributed by atoms with E-state index in [1.807, 2.05) is 0 Å². The molecule has 2 aromatic heterocycles. The lowest BCUT2D eigenvalue weighted by Gasteiger charge is -2.16. The maximum absolute atomic E-state index is 13.0. The molecule has 4 nitrogen and oxygen atoms in total. The minimum Gasteiger partial charge on any atom is -0.364 e. The maximum atomic E-state index is 13.0. The minimum absolute atomic E-state index is 0.131. The van der Waals surface area contributed by atoms with Crippen LogP contribution in [-0.4, -0.2) is 9.97 Å². The van der Waals surface area contributed by atoms with E-state index in [9.17, 15) is 26.3 Å². The van der Waals surface area contributed by atoms with Gasteiger partial charge in [-0.05, 0) is 18.2 Å². The number of hydrogen-bond donors (Lipinski definition) is 1. The molecule has 0 fully saturated rings. The fourth-order valence-electron chi connectivity index (χ4n) is 1.86. The van der Waals surface area contributed by atoms with Crippen molar-refractivity contribution in [1.29, 1.82) is 5.26 Å². The molecular formula is C14H8F6N4. The summed E-state index contributed by atoms with van der Waals surface area (Å²) in [4.78, 5) is 7.00. The van der Waals surface area contributed by atoms with Crippen molar-refractivity contribution in [3.8, 4) is 6.07 Å². The Labute approximate surface area is 131 Å². The first-order valence-corrected chi connectivity index (χ1v) is 6.36. The fraction of sp³-hybridized carbons (Fsp3) is 0.214. The second kappa shape index (κ2) is 6.35. The Kier molecular flexibility index (Phi) is 4.64. The van der Waals surface area contributed by atoms with Gasteiger partial charge in [-0.1, -0.05) is 6.07 Å². The Morgan fingerprint density at radius 3 is 2.29 bits per heavy atom. The van der Waals surface area contributed by atoms with Crippen molar-refractivity contribution >= 4 is 5.82 Å². The summed E-state index contributed by atoms with van der Waals surface area (Å²) in [6, 6.07) is 6.05. The molecule has 2 heterocycles. The Morgan fingerprint density at radius 1 is 1.08 bits per heavy atom. The van der Waals surface area contributed by atoms with Crippen LogP contribution in [0.15, 0.2) is 30.5 Å². The van der Waals surface area contributed by atoms with E-state index in [0.29, 0.717) is 11.8 Å². The number of pyridine rings is 2. The van der Waals surface area contributed by atoms with Crippen molar-refractivity contribution in [2.24, 2.45) is 0 Å². The number of hydrogen-bond acceptors (Lipinski definition) is 4. The van der Waals surface area contributed by atoms with Crippen molar-refractivity contribution in [3.63, 3.8) is 0 Å². The van der Waals surface area contributed by atoms with Gasteiger partial charge in [0.15, 0.2) is 5.69 Å². The van der Waals surface area contributed by atoms with Crippen molar-refractivity contribution in [2.75, 3.05) is 5.32 Å². The van der Waals surface area contributed by atoms with Crippen LogP contribution in [0.1, 0.15) is 22.5 Å². The topological polar surface area (TPSA) is 61.6 Å². The lowest BCUT2D eigenvalue weighted by atomic mass is 10.1. The molecule has 1 N–H and O–H groups in total. The molecule has 0 aliphatic carbocycles. The molecule has 0 bridgehead atoms. The second-order valence-corrected chi connectivity index (χ2v) is 4.56. The summed E-state index contributed by atoms with van der Waals surface area (Å²) in [6.45, 7) is -0.131. The molecule has 0 aliphatic heterocycles. The van der Waals surface area contributed by atoms with Crippen molar-refractivity contribution in [1.82, 2.24) is 9.97 Å². The highest BCUT2D eigenvalue weighted by atomic mass is 19.4. The quantitative estimate of drug-likeness (QED) is 0.854. The third-order valence-corrected chi connectivity index (χ3v) is 2.88. The lowest BCUT2D eigenvalue weighted by Crippen LogP contribution is -2.19. The number of alkyl halides is 6. The van der Waals surface area contributed by atoms with Crippen LogP contribution in [0.5, 0.6) is 0 Å². The first kappa shape index (κ1) is 17.5. The van der Waals surface area contributed by atoms with Gasteiger partial charge in [-0.25, -0.2) is 4.98 Å². The zero-order chi connectivity index (χ0) is 18.0. The zero-order valence-corrected chi connectivity index (χ0v) is 11.7. The third kappa shape index (κ3) is 3.92. The summed E-state index contributed by atoms with van der Waals surface area (Å²) >= 11 is 0. The monoisotopic (exact) mass is 346 g/mol. The van der Waals surface area contributed by atoms with Gasteiger partial charge in [0.1, 0.15) is 11.9 Å². The predicted octanol–water partition coefficient (Wildman–Crippen LogP) is 4.00. The number of nitrogens with one attached hydrogen (secondary N) is 1. The number of anilines is 1. The van der Waals surface area contributed by atoms with E-state index in [4.69, 9.17) is 5.26 Å². The molecule has 0 amide bonds. The Morgan fingerprint density at radius 2 is 1.79 bits per heavy atom. The third-order valence-electron chi connectivity index (χ3n) is 2.88. The van der Waals surface area contributed by atoms with E-state index in [-0.39, 0.29) is 6.54 Å². The lowest BCUT2D eigenvalue weighted by molar-refractivity contribution is -0.145. The van der Waals surface area contributed by atoms with Gasteiger partial charge in [-0.15, -0.1) is 0 Å². The van der Waals surface area contributed by atoms with E-state index >= 15 is 0 Å². The van der Waals surface area contributed by atoms with Crippen molar-refractivity contribution < 1.29 is 26.3 Å². The average molecular weight is 346 g/mol. The molecule has 0 aliphatic rings. The van der Waals surface area contributed by atoms with E-state index in [1.165, 1.54) is 12.3 Å². The fourth-order valence-corrected chi connectivity index (χ4v) is 1.86. The minimum atomic E-state index is -5.20. The predicted molar refractivity (Wildman–Crippen MR) is 70.5 cm³/mol. The molecule has 10 heteroatoms. The number of rotatable bonds is 3. The van der Waals surface area contributed by atoms with Crippen LogP contribution in [0.25, 0.3) is 0 Å². The molecule has 0 atom stereocenters. The largest absolute Gasteiger partial charge is 0.434 e. The van der Waals surface area contributed by atoms with Crippen LogP contribution in [0, 0.1) is 11.3 Å². The zero-order valence-electron chi connectivity index (χ0n) is 11.7. The number of nitriles is 1. The van der Waals surface area contributed by atoms with E-state index in [1.54, 1.807) is 12.1 Å². The van der Waals surface area contributed by atoms with Gasteiger partial charge in [0.2, 0.25) is 0 Å². The van der Waals surface area contributed by atoms with Gasteiger partial charge < -0.3 is 5.32 Å². The van der Waals surface area contributed by atoms with Crippen molar-refractivity contribution in [2.45, 2.75) is 18.9 Å². The maximum Gasteiger partial charge on any atom is 0.434 e. The van der Waals surface area contributed by atoms with Gasteiger partial charge in [-0.2, -0.15) is 31.6 Å². The molecule has 0 spiro atoms. The number of aromatic nitrogens is 2. The molecule has 0 aromatic carbocycles. The first-order valence-electron chi connectivity index (χ1n) is 6.36. The smallest absolute Gasteiger partial charge is 0.364 e. The molecule has 126 valence electrons. The summed E-state index contributed by atoms with van der Waals surface area (Å²) in [5.74, 6) is -0.653. The summed E-state index contributed by atoms with van der Waals surface area (Å²) in [5.41, 5.74) is -4.75. The molecule has 0 saturated carbocycles. The van der Waals surface area contributed by atoms with Gasteiger partial charge in [0.05, 0.1) is 23.4 Å². The normalized spacial score (nSPS) is 11.9. The van der Waals surface area contributed by atoms with Crippen molar-refractivity contribution in [3.05, 3.63) is 53.0 Å². The summed E-state index contributed by atoms with van der Waals surface area (Å²) in [6.07, 6.45) is -8.91. The van der Waals surface area contributed by atoms with E-state index in [2.05, 4.69) is 15.3 Å². The standard InChI is InChI=1S/C14H8F6N4/c15-13(16,17)10-5-11(23-7-8-3-1-2-4-22-8)24-12(9(10)6-21)14(18,19)20/h1-5H,7H2,(H,23,24). The molecule has 24 heavy (non-hydrogen) atoms. The molecular weight excluding hydrogens is 338 g/mol. The molecule has 2 rings (SSSR count). The Bertz CT molecular complexity index is 727. The van der Waals surface area contributed by atoms with Crippen LogP contribution in [-0.2, 0) is 18.9 Å². The SMILES string of the molecule is N#Cc1c(C(F)(F)F)cc(NCc2ccccn2)nc1C(F)(F)F. The van der Waals surface area contributed by atoms with Gasteiger partial charge >= 0.3 is 12.4 Å². The summed E-state index contributed by atoms with van der Waals surface area (Å²) in [5, 5.41) is 11.1. The van der Waals surface area contributed by atoms with Crippen LogP contribution in [0.4, 0.5) is 32.2 Å². The molecule has 0 saturated heterocycles. The number of halogens is 6. The second-order valence-electron chi connectivity index (χ2n) is 4.56. The Hall–Kier alpha value is -2.83. The van der Waals surface area contributed by atoms with Crippen LogP contribution in [0.3, 0.4) is 0 Å². The summed E-state index contributed by atoms with van der Waals surface area (Å²) < 4.78 is 77.7. The molecule has 0 radical (unpaired) electrons. The highest BCUT2D eigenvalue weighted by Gasteiger charge is 2.43. The van der Waals surface area contributed by atoms with Crippen LogP contribution in [0.2, 0.25) is 0 Å². The van der Waals surface area contributed by atoms with Gasteiger partial charge in [0.25, 0.3) is 0 Å². The number of nitrogens with zero attached hydrogens (tertiary/aromatic N) is 3. The molecule has 2 aromatic rings. The highest BCUT2D eigenvalue weighted by molar-refractivity contribution is 5.51. The first-order chi connectivity index (χ1) is 11.1. The van der Waals surface area contributed by atoms with E-state index < -0.39 is 35.0 Å². The molecule has 0 unspecified atom stereocenters. The summed E-state index contributed by atoms with van der Waals surface area (Å²) in [7, 11) is 0. The van der Waals surface area contributed by atoms with Gasteiger partial charge in [0, 0.05) is 6.20 Å². The average Bonchev–Trinajstić information content (AvgIpc) is 2.51. The van der Waals surface area contributed by atoms with E-state index in [0.717, 1.165) is 6.07 Å². The Balaban J connectivity index is 2.47. The highest BCUT2D eigenvalue weighted by Crippen LogP contribution is 2.39. The van der Waals surface area contributed by atoms with Crippen LogP contribution >= 0.6 is 0 Å².